The van der Waals surface area contributed by atoms with E-state index in [-0.39, 0.29) is 10.1 Å². The molecule has 2 rings (SSSR count). The molecule has 0 aliphatic rings. The molecule has 7 heteroatoms. The van der Waals surface area contributed by atoms with Gasteiger partial charge in [-0.15, -0.1) is 0 Å². The average Bonchev–Trinajstić information content (AvgIpc) is 2.54. The summed E-state index contributed by atoms with van der Waals surface area (Å²) in [5.74, 6) is 0.295. The summed E-state index contributed by atoms with van der Waals surface area (Å²) in [4.78, 5) is 12.2. The Morgan fingerprint density at radius 1 is 1.21 bits per heavy atom. The Morgan fingerprint density at radius 2 is 1.92 bits per heavy atom. The lowest BCUT2D eigenvalue weighted by Crippen LogP contribution is -2.34. The zero-order valence-electron chi connectivity index (χ0n) is 12.5. The Bertz CT molecular complexity index is 764. The first kappa shape index (κ1) is 18.3. The third-order valence-corrected chi connectivity index (χ3v) is 3.63. The van der Waals surface area contributed by atoms with Gasteiger partial charge in [0.2, 0.25) is 0 Å². The lowest BCUT2D eigenvalue weighted by Gasteiger charge is -2.11. The first-order chi connectivity index (χ1) is 11.5. The number of benzene rings is 2. The van der Waals surface area contributed by atoms with Crippen molar-refractivity contribution in [3.63, 3.8) is 0 Å². The highest BCUT2D eigenvalue weighted by Gasteiger charge is 2.12. The van der Waals surface area contributed by atoms with E-state index in [2.05, 4.69) is 17.2 Å². The molecule has 0 aromatic heterocycles. The highest BCUT2D eigenvalue weighted by molar-refractivity contribution is 7.80. The number of carbonyl (C=O) groups excluding carboxylic acids is 1. The largest absolute Gasteiger partial charge is 0.490 e. The van der Waals surface area contributed by atoms with Gasteiger partial charge in [-0.2, -0.15) is 0 Å². The van der Waals surface area contributed by atoms with Crippen molar-refractivity contribution in [3.8, 4) is 5.75 Å². The Labute approximate surface area is 155 Å². The van der Waals surface area contributed by atoms with E-state index in [9.17, 15) is 4.79 Å². The zero-order valence-corrected chi connectivity index (χ0v) is 14.8. The van der Waals surface area contributed by atoms with Crippen LogP contribution in [0.2, 0.25) is 10.0 Å². The van der Waals surface area contributed by atoms with Gasteiger partial charge in [0.05, 0.1) is 10.6 Å². The number of amides is 1. The molecule has 0 saturated heterocycles. The SMILES string of the molecule is C=CCOc1ccc(NC(=S)NC(=O)c2ccc(Cl)cc2Cl)cc1. The van der Waals surface area contributed by atoms with Crippen LogP contribution < -0.4 is 15.4 Å². The maximum atomic E-state index is 12.2. The average molecular weight is 381 g/mol. The molecule has 0 atom stereocenters. The molecule has 0 aliphatic carbocycles. The van der Waals surface area contributed by atoms with Gasteiger partial charge in [0.25, 0.3) is 5.91 Å². The van der Waals surface area contributed by atoms with Crippen molar-refractivity contribution in [2.24, 2.45) is 0 Å². The van der Waals surface area contributed by atoms with Crippen LogP contribution in [0.1, 0.15) is 10.4 Å². The predicted octanol–water partition coefficient (Wildman–Crippen LogP) is 4.69. The number of ether oxygens (including phenoxy) is 1. The number of hydrogen-bond acceptors (Lipinski definition) is 3. The van der Waals surface area contributed by atoms with Crippen LogP contribution in [0.25, 0.3) is 0 Å². The molecule has 1 amide bonds. The first-order valence-electron chi connectivity index (χ1n) is 6.90. The van der Waals surface area contributed by atoms with Crippen LogP contribution in [0, 0.1) is 0 Å². The normalized spacial score (nSPS) is 9.92. The maximum absolute atomic E-state index is 12.2. The number of carbonyl (C=O) groups is 1. The summed E-state index contributed by atoms with van der Waals surface area (Å²) in [5, 5.41) is 6.34. The molecule has 124 valence electrons. The van der Waals surface area contributed by atoms with Crippen molar-refractivity contribution in [2.75, 3.05) is 11.9 Å². The maximum Gasteiger partial charge on any atom is 0.258 e. The van der Waals surface area contributed by atoms with Gasteiger partial charge in [-0.3, -0.25) is 10.1 Å². The molecule has 0 unspecified atom stereocenters. The summed E-state index contributed by atoms with van der Waals surface area (Å²) in [6.45, 7) is 4.02. The molecular weight excluding hydrogens is 367 g/mol. The summed E-state index contributed by atoms with van der Waals surface area (Å²) in [5.41, 5.74) is 1.01. The minimum atomic E-state index is -0.417. The van der Waals surface area contributed by atoms with Gasteiger partial charge >= 0.3 is 0 Å². The minimum Gasteiger partial charge on any atom is -0.490 e. The molecule has 0 spiro atoms. The molecule has 0 heterocycles. The molecule has 0 bridgehead atoms. The third-order valence-electron chi connectivity index (χ3n) is 2.88. The number of nitrogens with one attached hydrogen (secondary N) is 2. The highest BCUT2D eigenvalue weighted by Crippen LogP contribution is 2.21. The van der Waals surface area contributed by atoms with Crippen molar-refractivity contribution < 1.29 is 9.53 Å². The molecule has 2 aromatic rings. The Balaban J connectivity index is 1.95. The Hall–Kier alpha value is -2.08. The van der Waals surface area contributed by atoms with Gasteiger partial charge in [-0.05, 0) is 54.7 Å². The van der Waals surface area contributed by atoms with E-state index in [0.717, 1.165) is 0 Å². The van der Waals surface area contributed by atoms with Crippen molar-refractivity contribution in [1.82, 2.24) is 5.32 Å². The summed E-state index contributed by atoms with van der Waals surface area (Å²) >= 11 is 16.9. The molecule has 0 radical (unpaired) electrons. The van der Waals surface area contributed by atoms with E-state index < -0.39 is 5.91 Å². The molecular formula is C17H14Cl2N2O2S. The second-order valence-electron chi connectivity index (χ2n) is 4.66. The van der Waals surface area contributed by atoms with E-state index in [4.69, 9.17) is 40.2 Å². The van der Waals surface area contributed by atoms with Crippen molar-refractivity contribution in [1.29, 1.82) is 0 Å². The van der Waals surface area contributed by atoms with Crippen molar-refractivity contribution in [3.05, 3.63) is 70.7 Å². The molecule has 0 saturated carbocycles. The van der Waals surface area contributed by atoms with Crippen LogP contribution >= 0.6 is 35.4 Å². The summed E-state index contributed by atoms with van der Waals surface area (Å²) in [6.07, 6.45) is 1.67. The van der Waals surface area contributed by atoms with E-state index in [0.29, 0.717) is 28.6 Å². The number of rotatable bonds is 5. The fraction of sp³-hybridized carbons (Fsp3) is 0.0588. The molecule has 4 nitrogen and oxygen atoms in total. The topological polar surface area (TPSA) is 50.4 Å². The van der Waals surface area contributed by atoms with Gasteiger partial charge in [-0.25, -0.2) is 0 Å². The van der Waals surface area contributed by atoms with Gasteiger partial charge in [0.1, 0.15) is 12.4 Å². The molecule has 0 aliphatic heterocycles. The Morgan fingerprint density at radius 3 is 2.54 bits per heavy atom. The van der Waals surface area contributed by atoms with Gasteiger partial charge < -0.3 is 10.1 Å². The lowest BCUT2D eigenvalue weighted by molar-refractivity contribution is 0.0978. The third kappa shape index (κ3) is 5.23. The van der Waals surface area contributed by atoms with E-state index >= 15 is 0 Å². The monoisotopic (exact) mass is 380 g/mol. The van der Waals surface area contributed by atoms with Crippen LogP contribution in [0.5, 0.6) is 5.75 Å². The predicted molar refractivity (Wildman–Crippen MR) is 102 cm³/mol. The van der Waals surface area contributed by atoms with Crippen LogP contribution in [0.3, 0.4) is 0 Å². The smallest absolute Gasteiger partial charge is 0.258 e. The first-order valence-corrected chi connectivity index (χ1v) is 8.07. The second kappa shape index (κ2) is 8.68. The minimum absolute atomic E-state index is 0.158. The van der Waals surface area contributed by atoms with Gasteiger partial charge in [0, 0.05) is 10.7 Å². The van der Waals surface area contributed by atoms with Gasteiger partial charge in [-0.1, -0.05) is 35.9 Å². The van der Waals surface area contributed by atoms with Crippen LogP contribution in [-0.2, 0) is 0 Å². The van der Waals surface area contributed by atoms with Crippen molar-refractivity contribution in [2.45, 2.75) is 0 Å². The van der Waals surface area contributed by atoms with Crippen LogP contribution in [-0.4, -0.2) is 17.6 Å². The summed E-state index contributed by atoms with van der Waals surface area (Å²) in [7, 11) is 0. The van der Waals surface area contributed by atoms with Gasteiger partial charge in [0.15, 0.2) is 5.11 Å². The van der Waals surface area contributed by atoms with Crippen molar-refractivity contribution >= 4 is 52.1 Å². The highest BCUT2D eigenvalue weighted by atomic mass is 35.5. The number of anilines is 1. The fourth-order valence-corrected chi connectivity index (χ4v) is 2.50. The van der Waals surface area contributed by atoms with E-state index in [1.165, 1.54) is 12.1 Å². The van der Waals surface area contributed by atoms with Crippen LogP contribution in [0.4, 0.5) is 5.69 Å². The van der Waals surface area contributed by atoms with E-state index in [1.807, 2.05) is 0 Å². The summed E-state index contributed by atoms with van der Waals surface area (Å²) in [6, 6.07) is 11.8. The Kier molecular flexibility index (Phi) is 6.61. The summed E-state index contributed by atoms with van der Waals surface area (Å²) < 4.78 is 5.39. The number of thiocarbonyl (C=S) groups is 1. The molecule has 2 aromatic carbocycles. The fourth-order valence-electron chi connectivity index (χ4n) is 1.80. The quantitative estimate of drug-likeness (QED) is 0.583. The molecule has 0 fully saturated rings. The zero-order chi connectivity index (χ0) is 17.5. The van der Waals surface area contributed by atoms with E-state index in [1.54, 1.807) is 36.4 Å². The number of halogens is 2. The molecule has 2 N–H and O–H groups in total. The molecule has 24 heavy (non-hydrogen) atoms. The number of hydrogen-bond donors (Lipinski definition) is 2. The standard InChI is InChI=1S/C17H14Cl2N2O2S/c1-2-9-23-13-6-4-12(5-7-13)20-17(24)21-16(22)14-8-3-11(18)10-15(14)19/h2-8,10H,1,9H2,(H2,20,21,22,24). The van der Waals surface area contributed by atoms with Crippen LogP contribution in [0.15, 0.2) is 55.1 Å². The lowest BCUT2D eigenvalue weighted by atomic mass is 10.2. The second-order valence-corrected chi connectivity index (χ2v) is 5.91.